The van der Waals surface area contributed by atoms with Gasteiger partial charge in [0, 0.05) is 5.92 Å². The number of nitrogens with zero attached hydrogens (tertiary/aromatic N) is 1. The van der Waals surface area contributed by atoms with Gasteiger partial charge < -0.3 is 0 Å². The molecule has 104 valence electrons. The molecule has 0 N–H and O–H groups in total. The highest BCUT2D eigenvalue weighted by molar-refractivity contribution is 5.19. The van der Waals surface area contributed by atoms with Crippen molar-refractivity contribution in [3.05, 3.63) is 35.9 Å². The first-order valence-corrected chi connectivity index (χ1v) is 7.72. The van der Waals surface area contributed by atoms with Crippen molar-refractivity contribution in [1.82, 2.24) is 0 Å². The maximum Gasteiger partial charge on any atom is 0.0656 e. The van der Waals surface area contributed by atoms with Crippen LogP contribution in [0.15, 0.2) is 30.3 Å². The Labute approximate surface area is 118 Å². The second-order valence-corrected chi connectivity index (χ2v) is 5.58. The van der Waals surface area contributed by atoms with E-state index in [1.54, 1.807) is 0 Å². The van der Waals surface area contributed by atoms with Crippen molar-refractivity contribution in [3.8, 4) is 6.07 Å². The molecule has 0 aliphatic carbocycles. The van der Waals surface area contributed by atoms with Crippen molar-refractivity contribution >= 4 is 0 Å². The molecule has 1 rings (SSSR count). The van der Waals surface area contributed by atoms with Crippen LogP contribution in [-0.4, -0.2) is 0 Å². The summed E-state index contributed by atoms with van der Waals surface area (Å²) in [6.45, 7) is 4.47. The van der Waals surface area contributed by atoms with E-state index in [9.17, 15) is 5.26 Å². The summed E-state index contributed by atoms with van der Waals surface area (Å²) < 4.78 is 0. The highest BCUT2D eigenvalue weighted by Gasteiger charge is 2.13. The second kappa shape index (κ2) is 9.62. The topological polar surface area (TPSA) is 23.8 Å². The Balaban J connectivity index is 2.30. The summed E-state index contributed by atoms with van der Waals surface area (Å²) in [6.07, 6.45) is 8.49. The monoisotopic (exact) mass is 257 g/mol. The molecule has 0 spiro atoms. The fraction of sp³-hybridized carbons (Fsp3) is 0.611. The number of benzene rings is 1. The molecule has 0 amide bonds. The fourth-order valence-electron chi connectivity index (χ4n) is 2.57. The molecule has 1 heteroatoms. The molecule has 1 aromatic rings. The minimum atomic E-state index is 0.219. The lowest BCUT2D eigenvalue weighted by molar-refractivity contribution is 0.474. The van der Waals surface area contributed by atoms with Gasteiger partial charge in [0.2, 0.25) is 0 Å². The zero-order valence-corrected chi connectivity index (χ0v) is 12.4. The first kappa shape index (κ1) is 15.8. The van der Waals surface area contributed by atoms with Crippen molar-refractivity contribution in [2.75, 3.05) is 0 Å². The Kier molecular flexibility index (Phi) is 7.98. The third-order valence-electron chi connectivity index (χ3n) is 3.85. The Hall–Kier alpha value is -1.29. The van der Waals surface area contributed by atoms with Gasteiger partial charge in [-0.3, -0.25) is 0 Å². The summed E-state index contributed by atoms with van der Waals surface area (Å²) in [5, 5.41) is 9.27. The van der Waals surface area contributed by atoms with E-state index in [-0.39, 0.29) is 5.92 Å². The Morgan fingerprint density at radius 2 is 1.74 bits per heavy atom. The molecule has 1 aromatic carbocycles. The number of unbranched alkanes of at least 4 members (excludes halogenated alkanes) is 4. The molecule has 19 heavy (non-hydrogen) atoms. The second-order valence-electron chi connectivity index (χ2n) is 5.58. The largest absolute Gasteiger partial charge is 0.198 e. The third kappa shape index (κ3) is 6.43. The Bertz CT molecular complexity index is 363. The lowest BCUT2D eigenvalue weighted by atomic mass is 9.88. The summed E-state index contributed by atoms with van der Waals surface area (Å²) in [5.41, 5.74) is 1.36. The molecule has 0 aromatic heterocycles. The fourth-order valence-corrected chi connectivity index (χ4v) is 2.57. The molecule has 0 saturated carbocycles. The van der Waals surface area contributed by atoms with Gasteiger partial charge in [-0.05, 0) is 24.3 Å². The van der Waals surface area contributed by atoms with E-state index in [1.807, 2.05) is 6.07 Å². The highest BCUT2D eigenvalue weighted by Crippen LogP contribution is 2.26. The van der Waals surface area contributed by atoms with Crippen LogP contribution in [0, 0.1) is 17.2 Å². The minimum Gasteiger partial charge on any atom is -0.198 e. The molecule has 1 nitrogen and oxygen atoms in total. The van der Waals surface area contributed by atoms with Crippen molar-refractivity contribution in [1.29, 1.82) is 5.26 Å². The molecular weight excluding hydrogens is 230 g/mol. The van der Waals surface area contributed by atoms with E-state index >= 15 is 0 Å². The molecule has 0 aliphatic heterocycles. The SMILES string of the molecule is CCCCCCCC(C#N)CC(C)c1ccccc1. The lowest BCUT2D eigenvalue weighted by Gasteiger charge is -2.15. The molecule has 0 radical (unpaired) electrons. The minimum absolute atomic E-state index is 0.219. The van der Waals surface area contributed by atoms with Crippen LogP contribution in [-0.2, 0) is 0 Å². The molecule has 0 bridgehead atoms. The van der Waals surface area contributed by atoms with Gasteiger partial charge in [-0.1, -0.05) is 76.3 Å². The smallest absolute Gasteiger partial charge is 0.0656 e. The summed E-state index contributed by atoms with van der Waals surface area (Å²) in [7, 11) is 0. The van der Waals surface area contributed by atoms with Gasteiger partial charge in [-0.25, -0.2) is 0 Å². The molecule has 0 heterocycles. The number of hydrogen-bond acceptors (Lipinski definition) is 1. The van der Waals surface area contributed by atoms with E-state index in [0.29, 0.717) is 5.92 Å². The number of rotatable bonds is 9. The molecule has 0 fully saturated rings. The quantitative estimate of drug-likeness (QED) is 0.522. The summed E-state index contributed by atoms with van der Waals surface area (Å²) in [6, 6.07) is 13.0. The van der Waals surface area contributed by atoms with Crippen molar-refractivity contribution in [2.45, 2.75) is 64.7 Å². The maximum atomic E-state index is 9.27. The van der Waals surface area contributed by atoms with Gasteiger partial charge in [0.1, 0.15) is 0 Å². The van der Waals surface area contributed by atoms with Crippen LogP contribution in [0.25, 0.3) is 0 Å². The average molecular weight is 257 g/mol. The van der Waals surface area contributed by atoms with E-state index in [4.69, 9.17) is 0 Å². The van der Waals surface area contributed by atoms with Crippen LogP contribution in [0.1, 0.15) is 70.3 Å². The van der Waals surface area contributed by atoms with Crippen molar-refractivity contribution in [2.24, 2.45) is 5.92 Å². The van der Waals surface area contributed by atoms with Crippen LogP contribution < -0.4 is 0 Å². The zero-order chi connectivity index (χ0) is 13.9. The summed E-state index contributed by atoms with van der Waals surface area (Å²) in [4.78, 5) is 0. The Morgan fingerprint density at radius 1 is 1.05 bits per heavy atom. The van der Waals surface area contributed by atoms with E-state index in [2.05, 4.69) is 44.2 Å². The van der Waals surface area contributed by atoms with E-state index in [0.717, 1.165) is 12.8 Å². The van der Waals surface area contributed by atoms with E-state index < -0.39 is 0 Å². The highest BCUT2D eigenvalue weighted by atomic mass is 14.3. The predicted molar refractivity (Wildman–Crippen MR) is 82.0 cm³/mol. The van der Waals surface area contributed by atoms with Gasteiger partial charge >= 0.3 is 0 Å². The standard InChI is InChI=1S/C18H27N/c1-3-4-5-6-8-11-17(15-19)14-16(2)18-12-9-7-10-13-18/h7,9-10,12-13,16-17H,3-6,8,11,14H2,1-2H3. The van der Waals surface area contributed by atoms with Crippen LogP contribution in [0.5, 0.6) is 0 Å². The zero-order valence-electron chi connectivity index (χ0n) is 12.4. The number of hydrogen-bond donors (Lipinski definition) is 0. The van der Waals surface area contributed by atoms with Gasteiger partial charge in [-0.15, -0.1) is 0 Å². The summed E-state index contributed by atoms with van der Waals surface area (Å²) in [5.74, 6) is 0.707. The van der Waals surface area contributed by atoms with Crippen LogP contribution in [0.3, 0.4) is 0 Å². The van der Waals surface area contributed by atoms with Gasteiger partial charge in [0.25, 0.3) is 0 Å². The van der Waals surface area contributed by atoms with Gasteiger partial charge in [0.05, 0.1) is 6.07 Å². The molecular formula is C18H27N. The van der Waals surface area contributed by atoms with E-state index in [1.165, 1.54) is 37.7 Å². The van der Waals surface area contributed by atoms with Crippen molar-refractivity contribution < 1.29 is 0 Å². The molecule has 2 unspecified atom stereocenters. The first-order valence-electron chi connectivity index (χ1n) is 7.72. The normalized spacial score (nSPS) is 13.7. The average Bonchev–Trinajstić information content (AvgIpc) is 2.46. The molecule has 0 aliphatic rings. The lowest BCUT2D eigenvalue weighted by Crippen LogP contribution is -2.04. The molecule has 0 saturated heterocycles. The van der Waals surface area contributed by atoms with Crippen LogP contribution in [0.2, 0.25) is 0 Å². The van der Waals surface area contributed by atoms with Crippen LogP contribution >= 0.6 is 0 Å². The first-order chi connectivity index (χ1) is 9.27. The maximum absolute atomic E-state index is 9.27. The summed E-state index contributed by atoms with van der Waals surface area (Å²) >= 11 is 0. The Morgan fingerprint density at radius 3 is 2.37 bits per heavy atom. The number of nitriles is 1. The van der Waals surface area contributed by atoms with Crippen molar-refractivity contribution in [3.63, 3.8) is 0 Å². The molecule has 2 atom stereocenters. The predicted octanol–water partition coefficient (Wildman–Crippen LogP) is 5.68. The third-order valence-corrected chi connectivity index (χ3v) is 3.85. The van der Waals surface area contributed by atoms with Crippen LogP contribution in [0.4, 0.5) is 0 Å². The van der Waals surface area contributed by atoms with Gasteiger partial charge in [-0.2, -0.15) is 5.26 Å². The van der Waals surface area contributed by atoms with Gasteiger partial charge in [0.15, 0.2) is 0 Å².